The van der Waals surface area contributed by atoms with Crippen molar-refractivity contribution < 1.29 is 9.53 Å². The van der Waals surface area contributed by atoms with Crippen molar-refractivity contribution in [3.63, 3.8) is 0 Å². The molecular formula is C20H24N4O2. The SMILES string of the molecule is Cc1ccc(Nc2ncnc3c2CCN(C(=O)[C@H]2CCCO2)CC3)cc1. The van der Waals surface area contributed by atoms with E-state index in [-0.39, 0.29) is 12.0 Å². The summed E-state index contributed by atoms with van der Waals surface area (Å²) in [5.74, 6) is 0.960. The zero-order chi connectivity index (χ0) is 17.9. The Kier molecular flexibility index (Phi) is 4.84. The molecule has 1 aromatic carbocycles. The summed E-state index contributed by atoms with van der Waals surface area (Å²) in [6, 6.07) is 8.25. The minimum Gasteiger partial charge on any atom is -0.368 e. The van der Waals surface area contributed by atoms with Gasteiger partial charge in [0.1, 0.15) is 18.2 Å². The highest BCUT2D eigenvalue weighted by molar-refractivity contribution is 5.81. The molecule has 0 bridgehead atoms. The first-order valence-electron chi connectivity index (χ1n) is 9.27. The van der Waals surface area contributed by atoms with Crippen LogP contribution in [0.25, 0.3) is 0 Å². The first-order valence-corrected chi connectivity index (χ1v) is 9.27. The van der Waals surface area contributed by atoms with Gasteiger partial charge < -0.3 is 15.0 Å². The fourth-order valence-corrected chi connectivity index (χ4v) is 3.60. The highest BCUT2D eigenvalue weighted by Crippen LogP contribution is 2.25. The molecule has 1 fully saturated rings. The van der Waals surface area contributed by atoms with Crippen LogP contribution in [0.1, 0.15) is 29.7 Å². The van der Waals surface area contributed by atoms with Gasteiger partial charge >= 0.3 is 0 Å². The summed E-state index contributed by atoms with van der Waals surface area (Å²) in [6.07, 6.45) is 4.66. The van der Waals surface area contributed by atoms with Crippen LogP contribution in [0.2, 0.25) is 0 Å². The lowest BCUT2D eigenvalue weighted by molar-refractivity contribution is -0.140. The maximum atomic E-state index is 12.7. The van der Waals surface area contributed by atoms with Gasteiger partial charge in [0.05, 0.1) is 5.69 Å². The molecule has 1 atom stereocenters. The van der Waals surface area contributed by atoms with Crippen molar-refractivity contribution in [2.45, 2.75) is 38.7 Å². The summed E-state index contributed by atoms with van der Waals surface area (Å²) in [6.45, 7) is 4.13. The number of amides is 1. The number of hydrogen-bond acceptors (Lipinski definition) is 5. The van der Waals surface area contributed by atoms with Gasteiger partial charge in [-0.05, 0) is 38.3 Å². The van der Waals surface area contributed by atoms with Crippen LogP contribution in [0.5, 0.6) is 0 Å². The zero-order valence-corrected chi connectivity index (χ0v) is 15.1. The summed E-state index contributed by atoms with van der Waals surface area (Å²) < 4.78 is 5.57. The molecule has 1 saturated heterocycles. The molecule has 26 heavy (non-hydrogen) atoms. The van der Waals surface area contributed by atoms with Crippen LogP contribution < -0.4 is 5.32 Å². The van der Waals surface area contributed by atoms with Crippen molar-refractivity contribution in [1.29, 1.82) is 0 Å². The summed E-state index contributed by atoms with van der Waals surface area (Å²) >= 11 is 0. The van der Waals surface area contributed by atoms with Crippen LogP contribution in [-0.2, 0) is 22.4 Å². The Morgan fingerprint density at radius 3 is 2.77 bits per heavy atom. The van der Waals surface area contributed by atoms with E-state index in [1.165, 1.54) is 5.56 Å². The van der Waals surface area contributed by atoms with E-state index in [1.807, 2.05) is 17.0 Å². The van der Waals surface area contributed by atoms with Crippen LogP contribution in [0.4, 0.5) is 11.5 Å². The number of hydrogen-bond donors (Lipinski definition) is 1. The van der Waals surface area contributed by atoms with Crippen molar-refractivity contribution in [2.24, 2.45) is 0 Å². The second kappa shape index (κ2) is 7.41. The first kappa shape index (κ1) is 17.0. The number of aryl methyl sites for hydroxylation is 1. The summed E-state index contributed by atoms with van der Waals surface area (Å²) in [4.78, 5) is 23.5. The Labute approximate surface area is 153 Å². The summed E-state index contributed by atoms with van der Waals surface area (Å²) in [5.41, 5.74) is 4.36. The van der Waals surface area contributed by atoms with Crippen molar-refractivity contribution >= 4 is 17.4 Å². The predicted molar refractivity (Wildman–Crippen MR) is 99.5 cm³/mol. The number of anilines is 2. The fourth-order valence-electron chi connectivity index (χ4n) is 3.60. The van der Waals surface area contributed by atoms with E-state index < -0.39 is 0 Å². The van der Waals surface area contributed by atoms with Gasteiger partial charge in [0.15, 0.2) is 0 Å². The minimum atomic E-state index is -0.257. The van der Waals surface area contributed by atoms with Gasteiger partial charge in [0.25, 0.3) is 5.91 Å². The standard InChI is InChI=1S/C20H24N4O2/c1-14-4-6-15(7-5-14)23-19-16-8-10-24(11-9-17(16)21-13-22-19)20(25)18-3-2-12-26-18/h4-7,13,18H,2-3,8-12H2,1H3,(H,21,22,23)/t18-/m1/s1. The molecular weight excluding hydrogens is 328 g/mol. The molecule has 0 aliphatic carbocycles. The molecule has 0 unspecified atom stereocenters. The molecule has 6 nitrogen and oxygen atoms in total. The fraction of sp³-hybridized carbons (Fsp3) is 0.450. The van der Waals surface area contributed by atoms with E-state index in [0.29, 0.717) is 19.7 Å². The van der Waals surface area contributed by atoms with Gasteiger partial charge in [0.2, 0.25) is 0 Å². The van der Waals surface area contributed by atoms with Gasteiger partial charge in [-0.3, -0.25) is 4.79 Å². The first-order chi connectivity index (χ1) is 12.7. The molecule has 0 spiro atoms. The number of nitrogens with one attached hydrogen (secondary N) is 1. The third-order valence-corrected chi connectivity index (χ3v) is 5.12. The number of aromatic nitrogens is 2. The minimum absolute atomic E-state index is 0.122. The van der Waals surface area contributed by atoms with E-state index in [2.05, 4.69) is 34.3 Å². The van der Waals surface area contributed by atoms with Gasteiger partial charge in [-0.25, -0.2) is 9.97 Å². The molecule has 6 heteroatoms. The van der Waals surface area contributed by atoms with Crippen LogP contribution in [0.3, 0.4) is 0 Å². The van der Waals surface area contributed by atoms with E-state index in [0.717, 1.165) is 48.4 Å². The summed E-state index contributed by atoms with van der Waals surface area (Å²) in [5, 5.41) is 3.41. The highest BCUT2D eigenvalue weighted by atomic mass is 16.5. The van der Waals surface area contributed by atoms with Gasteiger partial charge in [-0.2, -0.15) is 0 Å². The molecule has 3 heterocycles. The molecule has 1 aromatic heterocycles. The average Bonchev–Trinajstić information content (AvgIpc) is 3.10. The number of carbonyl (C=O) groups is 1. The number of carbonyl (C=O) groups excluding carboxylic acids is 1. The largest absolute Gasteiger partial charge is 0.368 e. The molecule has 1 N–H and O–H groups in total. The lowest BCUT2D eigenvalue weighted by atomic mass is 10.1. The maximum Gasteiger partial charge on any atom is 0.251 e. The Morgan fingerprint density at radius 1 is 1.19 bits per heavy atom. The van der Waals surface area contributed by atoms with E-state index >= 15 is 0 Å². The molecule has 0 saturated carbocycles. The van der Waals surface area contributed by atoms with Crippen molar-refractivity contribution in [2.75, 3.05) is 25.0 Å². The average molecular weight is 352 g/mol. The van der Waals surface area contributed by atoms with Crippen molar-refractivity contribution in [1.82, 2.24) is 14.9 Å². The zero-order valence-electron chi connectivity index (χ0n) is 15.1. The maximum absolute atomic E-state index is 12.7. The van der Waals surface area contributed by atoms with Crippen LogP contribution in [0, 0.1) is 6.92 Å². The van der Waals surface area contributed by atoms with Gasteiger partial charge in [-0.15, -0.1) is 0 Å². The molecule has 2 aromatic rings. The smallest absolute Gasteiger partial charge is 0.251 e. The quantitative estimate of drug-likeness (QED) is 0.920. The third-order valence-electron chi connectivity index (χ3n) is 5.12. The van der Waals surface area contributed by atoms with E-state index in [4.69, 9.17) is 4.74 Å². The predicted octanol–water partition coefficient (Wildman–Crippen LogP) is 2.63. The number of ether oxygens (including phenoxy) is 1. The normalized spacial score (nSPS) is 19.7. The lowest BCUT2D eigenvalue weighted by Crippen LogP contribution is -2.40. The molecule has 4 rings (SSSR count). The number of rotatable bonds is 3. The Bertz CT molecular complexity index is 785. The Morgan fingerprint density at radius 2 is 2.00 bits per heavy atom. The second-order valence-electron chi connectivity index (χ2n) is 6.97. The monoisotopic (exact) mass is 352 g/mol. The van der Waals surface area contributed by atoms with E-state index in [1.54, 1.807) is 6.33 Å². The van der Waals surface area contributed by atoms with E-state index in [9.17, 15) is 4.79 Å². The topological polar surface area (TPSA) is 67.4 Å². The van der Waals surface area contributed by atoms with Crippen LogP contribution in [-0.4, -0.2) is 46.6 Å². The molecule has 136 valence electrons. The second-order valence-corrected chi connectivity index (χ2v) is 6.97. The van der Waals surface area contributed by atoms with Crippen LogP contribution >= 0.6 is 0 Å². The molecule has 2 aliphatic rings. The van der Waals surface area contributed by atoms with Crippen molar-refractivity contribution in [3.05, 3.63) is 47.4 Å². The molecule has 0 radical (unpaired) electrons. The van der Waals surface area contributed by atoms with Crippen molar-refractivity contribution in [3.8, 4) is 0 Å². The molecule has 2 aliphatic heterocycles. The van der Waals surface area contributed by atoms with Crippen LogP contribution in [0.15, 0.2) is 30.6 Å². The third kappa shape index (κ3) is 3.55. The Balaban J connectivity index is 1.51. The number of benzene rings is 1. The Hall–Kier alpha value is -2.47. The number of fused-ring (bicyclic) bond motifs is 1. The highest BCUT2D eigenvalue weighted by Gasteiger charge is 2.30. The van der Waals surface area contributed by atoms with Gasteiger partial charge in [-0.1, -0.05) is 17.7 Å². The molecule has 1 amide bonds. The lowest BCUT2D eigenvalue weighted by Gasteiger charge is -2.23. The summed E-state index contributed by atoms with van der Waals surface area (Å²) in [7, 11) is 0. The van der Waals surface area contributed by atoms with Gasteiger partial charge in [0, 0.05) is 37.4 Å². The number of nitrogens with zero attached hydrogens (tertiary/aromatic N) is 3.